The average Bonchev–Trinajstić information content (AvgIpc) is 2.42. The topological polar surface area (TPSA) is 66.4 Å². The molecular formula is C17H33NO3. The highest BCUT2D eigenvalue weighted by Crippen LogP contribution is 2.10. The number of carbonyl (C=O) groups is 2. The Morgan fingerprint density at radius 1 is 0.905 bits per heavy atom. The van der Waals surface area contributed by atoms with Crippen LogP contribution < -0.4 is 5.32 Å². The van der Waals surface area contributed by atoms with Crippen LogP contribution in [0, 0.1) is 5.92 Å². The SMILES string of the molecule is CCCCCCCCCCCC(=O)N[C@@H](C(=O)O)C(C)C. The maximum absolute atomic E-state index is 11.7. The predicted octanol–water partition coefficient (Wildman–Crippen LogP) is 4.13. The highest BCUT2D eigenvalue weighted by molar-refractivity contribution is 5.83. The maximum Gasteiger partial charge on any atom is 0.326 e. The van der Waals surface area contributed by atoms with Crippen molar-refractivity contribution in [2.24, 2.45) is 5.92 Å². The van der Waals surface area contributed by atoms with Crippen LogP contribution in [0.5, 0.6) is 0 Å². The molecule has 2 N–H and O–H groups in total. The summed E-state index contributed by atoms with van der Waals surface area (Å²) in [4.78, 5) is 22.7. The van der Waals surface area contributed by atoms with Crippen molar-refractivity contribution in [3.05, 3.63) is 0 Å². The van der Waals surface area contributed by atoms with Gasteiger partial charge in [0.25, 0.3) is 0 Å². The van der Waals surface area contributed by atoms with Gasteiger partial charge in [-0.25, -0.2) is 4.79 Å². The molecule has 4 nitrogen and oxygen atoms in total. The molecule has 4 heteroatoms. The van der Waals surface area contributed by atoms with Gasteiger partial charge in [-0.3, -0.25) is 4.79 Å². The molecule has 0 heterocycles. The van der Waals surface area contributed by atoms with Crippen LogP contribution in [0.25, 0.3) is 0 Å². The smallest absolute Gasteiger partial charge is 0.326 e. The Labute approximate surface area is 129 Å². The van der Waals surface area contributed by atoms with Crippen molar-refractivity contribution in [2.75, 3.05) is 0 Å². The third-order valence-electron chi connectivity index (χ3n) is 3.76. The van der Waals surface area contributed by atoms with E-state index in [-0.39, 0.29) is 11.8 Å². The van der Waals surface area contributed by atoms with Crippen LogP contribution in [-0.4, -0.2) is 23.0 Å². The summed E-state index contributed by atoms with van der Waals surface area (Å²) in [6.07, 6.45) is 11.3. The van der Waals surface area contributed by atoms with Crippen LogP contribution in [0.4, 0.5) is 0 Å². The summed E-state index contributed by atoms with van der Waals surface area (Å²) in [6.45, 7) is 5.83. The minimum Gasteiger partial charge on any atom is -0.480 e. The van der Waals surface area contributed by atoms with Crippen molar-refractivity contribution in [1.29, 1.82) is 0 Å². The van der Waals surface area contributed by atoms with Gasteiger partial charge in [-0.15, -0.1) is 0 Å². The van der Waals surface area contributed by atoms with E-state index in [1.165, 1.54) is 44.9 Å². The molecule has 0 bridgehead atoms. The first-order valence-corrected chi connectivity index (χ1v) is 8.51. The van der Waals surface area contributed by atoms with Gasteiger partial charge in [0, 0.05) is 6.42 Å². The molecule has 1 amide bonds. The zero-order chi connectivity index (χ0) is 16.1. The van der Waals surface area contributed by atoms with Gasteiger partial charge in [0.1, 0.15) is 6.04 Å². The number of amides is 1. The molecule has 0 aliphatic rings. The van der Waals surface area contributed by atoms with E-state index >= 15 is 0 Å². The minimum absolute atomic E-state index is 0.0884. The Hall–Kier alpha value is -1.06. The lowest BCUT2D eigenvalue weighted by molar-refractivity contribution is -0.143. The Bertz CT molecular complexity index is 290. The fourth-order valence-electron chi connectivity index (χ4n) is 2.36. The fraction of sp³-hybridized carbons (Fsp3) is 0.882. The number of nitrogens with one attached hydrogen (secondary N) is 1. The second-order valence-electron chi connectivity index (χ2n) is 6.21. The van der Waals surface area contributed by atoms with Gasteiger partial charge in [0.15, 0.2) is 0 Å². The molecule has 1 atom stereocenters. The van der Waals surface area contributed by atoms with Crippen LogP contribution in [-0.2, 0) is 9.59 Å². The van der Waals surface area contributed by atoms with Crippen LogP contribution in [0.2, 0.25) is 0 Å². The van der Waals surface area contributed by atoms with E-state index < -0.39 is 12.0 Å². The van der Waals surface area contributed by atoms with Gasteiger partial charge in [-0.1, -0.05) is 72.1 Å². The summed E-state index contributed by atoms with van der Waals surface area (Å²) in [6, 6.07) is -0.768. The van der Waals surface area contributed by atoms with Crippen molar-refractivity contribution in [3.63, 3.8) is 0 Å². The Morgan fingerprint density at radius 2 is 1.38 bits per heavy atom. The molecule has 124 valence electrons. The zero-order valence-corrected chi connectivity index (χ0v) is 14.0. The molecule has 0 aromatic rings. The lowest BCUT2D eigenvalue weighted by atomic mass is 10.0. The summed E-state index contributed by atoms with van der Waals surface area (Å²) in [5, 5.41) is 11.6. The van der Waals surface area contributed by atoms with Crippen molar-refractivity contribution >= 4 is 11.9 Å². The number of unbranched alkanes of at least 4 members (excludes halogenated alkanes) is 8. The molecule has 0 unspecified atom stereocenters. The highest BCUT2D eigenvalue weighted by atomic mass is 16.4. The quantitative estimate of drug-likeness (QED) is 0.502. The Morgan fingerprint density at radius 3 is 1.81 bits per heavy atom. The number of aliphatic carboxylic acids is 1. The number of carboxylic acid groups (broad SMARTS) is 1. The zero-order valence-electron chi connectivity index (χ0n) is 14.0. The lowest BCUT2D eigenvalue weighted by Crippen LogP contribution is -2.44. The van der Waals surface area contributed by atoms with E-state index in [1.807, 2.05) is 0 Å². The van der Waals surface area contributed by atoms with Gasteiger partial charge >= 0.3 is 5.97 Å². The number of rotatable bonds is 13. The van der Waals surface area contributed by atoms with E-state index in [1.54, 1.807) is 13.8 Å². The molecule has 0 saturated heterocycles. The Kier molecular flexibility index (Phi) is 12.0. The molecule has 0 aromatic heterocycles. The first kappa shape index (κ1) is 19.9. The number of hydrogen-bond acceptors (Lipinski definition) is 2. The van der Waals surface area contributed by atoms with Gasteiger partial charge in [0.05, 0.1) is 0 Å². The first-order chi connectivity index (χ1) is 9.99. The third-order valence-corrected chi connectivity index (χ3v) is 3.76. The van der Waals surface area contributed by atoms with Crippen molar-refractivity contribution in [1.82, 2.24) is 5.32 Å². The molecular weight excluding hydrogens is 266 g/mol. The van der Waals surface area contributed by atoms with Crippen LogP contribution in [0.1, 0.15) is 85.0 Å². The molecule has 0 rings (SSSR count). The monoisotopic (exact) mass is 299 g/mol. The predicted molar refractivity (Wildman–Crippen MR) is 86.2 cm³/mol. The number of carboxylic acids is 1. The fourth-order valence-corrected chi connectivity index (χ4v) is 2.36. The summed E-state index contributed by atoms with van der Waals surface area (Å²) >= 11 is 0. The van der Waals surface area contributed by atoms with Gasteiger partial charge in [-0.2, -0.15) is 0 Å². The third kappa shape index (κ3) is 11.3. The molecule has 0 fully saturated rings. The second-order valence-corrected chi connectivity index (χ2v) is 6.21. The highest BCUT2D eigenvalue weighted by Gasteiger charge is 2.22. The molecule has 0 spiro atoms. The summed E-state index contributed by atoms with van der Waals surface area (Å²) in [5.74, 6) is -1.18. The molecule has 0 radical (unpaired) electrons. The van der Waals surface area contributed by atoms with Crippen LogP contribution in [0.3, 0.4) is 0 Å². The minimum atomic E-state index is -0.953. The van der Waals surface area contributed by atoms with Crippen molar-refractivity contribution in [2.45, 2.75) is 91.0 Å². The van der Waals surface area contributed by atoms with Gasteiger partial charge < -0.3 is 10.4 Å². The van der Waals surface area contributed by atoms with Crippen molar-refractivity contribution < 1.29 is 14.7 Å². The molecule has 0 aromatic carbocycles. The van der Waals surface area contributed by atoms with Crippen LogP contribution >= 0.6 is 0 Å². The number of hydrogen-bond donors (Lipinski definition) is 2. The molecule has 21 heavy (non-hydrogen) atoms. The van der Waals surface area contributed by atoms with E-state index in [0.717, 1.165) is 12.8 Å². The van der Waals surface area contributed by atoms with Gasteiger partial charge in [0.2, 0.25) is 5.91 Å². The summed E-state index contributed by atoms with van der Waals surface area (Å²) in [7, 11) is 0. The largest absolute Gasteiger partial charge is 0.480 e. The first-order valence-electron chi connectivity index (χ1n) is 8.51. The number of carbonyl (C=O) groups excluding carboxylic acids is 1. The second kappa shape index (κ2) is 12.7. The molecule has 0 saturated carbocycles. The molecule has 0 aliphatic carbocycles. The van der Waals surface area contributed by atoms with E-state index in [2.05, 4.69) is 12.2 Å². The summed E-state index contributed by atoms with van der Waals surface area (Å²) < 4.78 is 0. The van der Waals surface area contributed by atoms with Crippen molar-refractivity contribution in [3.8, 4) is 0 Å². The normalized spacial score (nSPS) is 12.4. The van der Waals surface area contributed by atoms with E-state index in [9.17, 15) is 9.59 Å². The summed E-state index contributed by atoms with van der Waals surface area (Å²) in [5.41, 5.74) is 0. The maximum atomic E-state index is 11.7. The average molecular weight is 299 g/mol. The van der Waals surface area contributed by atoms with Crippen LogP contribution in [0.15, 0.2) is 0 Å². The standard InChI is InChI=1S/C17H33NO3/c1-4-5-6-7-8-9-10-11-12-13-15(19)18-16(14(2)3)17(20)21/h14,16H,4-13H2,1-3H3,(H,18,19)(H,20,21)/t16-/m1/s1. The Balaban J connectivity index is 3.55. The van der Waals surface area contributed by atoms with E-state index in [0.29, 0.717) is 6.42 Å². The lowest BCUT2D eigenvalue weighted by Gasteiger charge is -2.17. The van der Waals surface area contributed by atoms with Gasteiger partial charge in [-0.05, 0) is 12.3 Å². The van der Waals surface area contributed by atoms with E-state index in [4.69, 9.17) is 5.11 Å². The molecule has 0 aliphatic heterocycles.